The summed E-state index contributed by atoms with van der Waals surface area (Å²) in [5.41, 5.74) is 1.27. The average Bonchev–Trinajstić information content (AvgIpc) is 3.75. The van der Waals surface area contributed by atoms with E-state index in [1.165, 1.54) is 220 Å². The van der Waals surface area contributed by atoms with Crippen LogP contribution in [0.25, 0.3) is 9.40 Å². The van der Waals surface area contributed by atoms with Gasteiger partial charge in [-0.2, -0.15) is 0 Å². The summed E-state index contributed by atoms with van der Waals surface area (Å²) in [6, 6.07) is 2.51. The summed E-state index contributed by atoms with van der Waals surface area (Å²) in [5, 5.41) is 3.85. The fourth-order valence-corrected chi connectivity index (χ4v) is 12.2. The summed E-state index contributed by atoms with van der Waals surface area (Å²) >= 11 is 4.78. The van der Waals surface area contributed by atoms with Crippen molar-refractivity contribution in [1.82, 2.24) is 0 Å². The summed E-state index contributed by atoms with van der Waals surface area (Å²) in [4.78, 5) is 0. The number of fused-ring (bicyclic) bond motifs is 1. The van der Waals surface area contributed by atoms with Crippen LogP contribution in [0.4, 0.5) is 0 Å². The van der Waals surface area contributed by atoms with Crippen LogP contribution in [0.1, 0.15) is 232 Å². The molecule has 300 valence electrons. The van der Waals surface area contributed by atoms with Crippen molar-refractivity contribution < 1.29 is 22.0 Å². The molecule has 2 aromatic heterocycles. The molecule has 0 saturated heterocycles. The topological polar surface area (TPSA) is 9.23 Å². The Morgan fingerprint density at radius 1 is 0.558 bits per heavy atom. The van der Waals surface area contributed by atoms with Crippen LogP contribution >= 0.6 is 32.4 Å². The third kappa shape index (κ3) is 23.1. The van der Waals surface area contributed by atoms with E-state index in [2.05, 4.69) is 63.2 Å². The molecule has 0 amide bonds. The second-order valence-corrected chi connectivity index (χ2v) is 24.3. The van der Waals surface area contributed by atoms with Gasteiger partial charge in [-0.1, -0.05) is 226 Å². The Hall–Kier alpha value is 0.750. The first-order chi connectivity index (χ1) is 25.4. The van der Waals surface area contributed by atoms with Gasteiger partial charge in [-0.15, -0.1) is 26.4 Å². The van der Waals surface area contributed by atoms with Crippen molar-refractivity contribution in [3.05, 3.63) is 17.0 Å². The van der Waals surface area contributed by atoms with E-state index in [4.69, 9.17) is 14.4 Å². The molecular formula is C46H85ClOS2SiZn. The maximum atomic E-state index is 6.91. The van der Waals surface area contributed by atoms with Gasteiger partial charge < -0.3 is 4.74 Å². The number of halogens is 1. The quantitative estimate of drug-likeness (QED) is 0.0377. The number of hydrogen-bond acceptors (Lipinski definition) is 3. The minimum atomic E-state index is -1.34. The van der Waals surface area contributed by atoms with Crippen molar-refractivity contribution in [2.75, 3.05) is 6.61 Å². The van der Waals surface area contributed by atoms with Crippen molar-refractivity contribution >= 4 is 54.3 Å². The Bertz CT molecular complexity index is 1010. The van der Waals surface area contributed by atoms with Crippen molar-refractivity contribution in [3.8, 4) is 0 Å². The third-order valence-corrected chi connectivity index (χ3v) is 16.9. The first-order valence-electron chi connectivity index (χ1n) is 22.7. The van der Waals surface area contributed by atoms with E-state index < -0.39 is 8.07 Å². The van der Waals surface area contributed by atoms with Crippen molar-refractivity contribution in [2.24, 2.45) is 0 Å². The van der Waals surface area contributed by atoms with Crippen LogP contribution in [-0.2, 0) is 27.6 Å². The van der Waals surface area contributed by atoms with E-state index >= 15 is 0 Å². The second kappa shape index (κ2) is 33.8. The predicted octanol–water partition coefficient (Wildman–Crippen LogP) is 17.7. The van der Waals surface area contributed by atoms with Gasteiger partial charge in [0.05, 0.1) is 13.7 Å². The second-order valence-electron chi connectivity index (χ2n) is 17.0. The Morgan fingerprint density at radius 3 is 1.19 bits per heavy atom. The van der Waals surface area contributed by atoms with E-state index in [-0.39, 0.29) is 5.60 Å². The molecule has 2 rings (SSSR count). The standard InChI is InChI=1S/C46H85OS2Si.ClH.Zn/c1-7-10-12-14-16-18-20-22-24-26-28-30-32-34-36-38-46(47-9-3,42-41-48-43-40-44(49-45(42)43)50(4,5)6)39-37-35-33-31-29-27-25-23-21-19-17-15-13-11-8-2;;/h40H,7-39H2,1-6H3;1H;/q-1;;+2/p-1. The number of ether oxygens (including phenoxy) is 1. The first-order valence-corrected chi connectivity index (χ1v) is 31.8. The molecule has 0 fully saturated rings. The normalized spacial score (nSPS) is 12.2. The van der Waals surface area contributed by atoms with Crippen molar-refractivity contribution in [3.63, 3.8) is 0 Å². The summed E-state index contributed by atoms with van der Waals surface area (Å²) in [6.45, 7) is 15.1. The molecule has 0 bridgehead atoms. The number of rotatable bonds is 36. The Labute approximate surface area is 349 Å². The van der Waals surface area contributed by atoms with E-state index in [0.29, 0.717) is 0 Å². The number of thiophene rings is 2. The Morgan fingerprint density at radius 2 is 0.885 bits per heavy atom. The van der Waals surface area contributed by atoms with Gasteiger partial charge in [0.25, 0.3) is 0 Å². The maximum absolute atomic E-state index is 6.91. The molecule has 0 radical (unpaired) electrons. The first kappa shape index (κ1) is 50.8. The fourth-order valence-electron chi connectivity index (χ4n) is 7.88. The molecule has 0 aliphatic rings. The summed E-state index contributed by atoms with van der Waals surface area (Å²) in [5.74, 6) is 0. The molecule has 0 aliphatic heterocycles. The van der Waals surface area contributed by atoms with Gasteiger partial charge in [0.1, 0.15) is 0 Å². The Kier molecular flexibility index (Phi) is 33.0. The van der Waals surface area contributed by atoms with Gasteiger partial charge in [0.2, 0.25) is 0 Å². The molecule has 0 aliphatic carbocycles. The zero-order valence-electron chi connectivity index (χ0n) is 35.7. The number of hydrogen-bond donors (Lipinski definition) is 0. The summed E-state index contributed by atoms with van der Waals surface area (Å²) in [7, 11) is 3.43. The SMILES string of the molecule is CCCCCCCCCCCCCCCCCC(CCCCCCCCCCCCCCCCC)(OCC)c1[c-]sc2cc([Si](C)(C)C)sc12.[Cl][Zn+]. The van der Waals surface area contributed by atoms with Gasteiger partial charge in [-0.3, -0.25) is 11.3 Å². The Balaban J connectivity index is 0.00000664. The third-order valence-electron chi connectivity index (χ3n) is 11.2. The van der Waals surface area contributed by atoms with E-state index in [0.717, 1.165) is 23.9 Å². The van der Waals surface area contributed by atoms with Gasteiger partial charge in [0.15, 0.2) is 0 Å². The number of unbranched alkanes of at least 4 members (excludes halogenated alkanes) is 28. The minimum absolute atomic E-state index is 0.151. The molecule has 2 aromatic rings. The van der Waals surface area contributed by atoms with E-state index in [9.17, 15) is 0 Å². The van der Waals surface area contributed by atoms with Crippen molar-refractivity contribution in [2.45, 2.75) is 251 Å². The molecular weight excluding hydrogens is 762 g/mol. The zero-order chi connectivity index (χ0) is 38.2. The van der Waals surface area contributed by atoms with Gasteiger partial charge in [-0.25, -0.2) is 11.3 Å². The van der Waals surface area contributed by atoms with Crippen LogP contribution in [0.15, 0.2) is 6.07 Å². The van der Waals surface area contributed by atoms with Crippen LogP contribution in [0, 0.1) is 5.38 Å². The molecule has 0 N–H and O–H groups in total. The summed E-state index contributed by atoms with van der Waals surface area (Å²) < 4.78 is 11.5. The van der Waals surface area contributed by atoms with Crippen LogP contribution in [0.5, 0.6) is 0 Å². The van der Waals surface area contributed by atoms with Crippen molar-refractivity contribution in [1.29, 1.82) is 0 Å². The van der Waals surface area contributed by atoms with Crippen LogP contribution in [-0.4, -0.2) is 14.7 Å². The molecule has 0 atom stereocenters. The van der Waals surface area contributed by atoms with Crippen LogP contribution in [0.2, 0.25) is 19.6 Å². The molecule has 0 spiro atoms. The molecule has 52 heavy (non-hydrogen) atoms. The molecule has 1 nitrogen and oxygen atoms in total. The zero-order valence-corrected chi connectivity index (χ0v) is 42.1. The van der Waals surface area contributed by atoms with E-state index in [1.54, 1.807) is 4.50 Å². The van der Waals surface area contributed by atoms with Crippen LogP contribution in [0.3, 0.4) is 0 Å². The molecule has 2 heterocycles. The fraction of sp³-hybridized carbons (Fsp3) is 0.870. The van der Waals surface area contributed by atoms with Gasteiger partial charge >= 0.3 is 27.0 Å². The van der Waals surface area contributed by atoms with Crippen LogP contribution < -0.4 is 4.50 Å². The van der Waals surface area contributed by atoms with Gasteiger partial charge in [-0.05, 0) is 24.3 Å². The molecule has 0 saturated carbocycles. The predicted molar refractivity (Wildman–Crippen MR) is 240 cm³/mol. The average molecular weight is 847 g/mol. The molecule has 6 heteroatoms. The van der Waals surface area contributed by atoms with E-state index in [1.807, 2.05) is 11.3 Å². The monoisotopic (exact) mass is 844 g/mol. The summed E-state index contributed by atoms with van der Waals surface area (Å²) in [6.07, 6.45) is 44.9. The van der Waals surface area contributed by atoms with Gasteiger partial charge in [0, 0.05) is 6.61 Å². The molecule has 0 aromatic carbocycles. The molecule has 0 unspecified atom stereocenters.